The largest absolute Gasteiger partial charge is 0.454 e. The average molecular weight is 225 g/mol. The van der Waals surface area contributed by atoms with E-state index in [1.165, 1.54) is 5.56 Å². The van der Waals surface area contributed by atoms with E-state index in [0.717, 1.165) is 36.0 Å². The van der Waals surface area contributed by atoms with E-state index in [0.29, 0.717) is 6.79 Å². The fourth-order valence-corrected chi connectivity index (χ4v) is 2.34. The van der Waals surface area contributed by atoms with Gasteiger partial charge in [0.1, 0.15) is 0 Å². The third kappa shape index (κ3) is 2.79. The van der Waals surface area contributed by atoms with Gasteiger partial charge in [-0.05, 0) is 36.4 Å². The van der Waals surface area contributed by atoms with E-state index < -0.39 is 0 Å². The summed E-state index contributed by atoms with van der Waals surface area (Å²) in [5.74, 6) is 3.85. The summed E-state index contributed by atoms with van der Waals surface area (Å²) in [5, 5.41) is 0. The van der Waals surface area contributed by atoms with Gasteiger partial charge in [-0.15, -0.1) is 0 Å². The minimum Gasteiger partial charge on any atom is -0.454 e. The van der Waals surface area contributed by atoms with E-state index in [4.69, 9.17) is 15.2 Å². The maximum Gasteiger partial charge on any atom is 0.231 e. The Bertz CT molecular complexity index is 330. The first-order valence-electron chi connectivity index (χ1n) is 5.06. The Labute approximate surface area is 93.9 Å². The molecule has 0 saturated heterocycles. The van der Waals surface area contributed by atoms with Gasteiger partial charge >= 0.3 is 0 Å². The van der Waals surface area contributed by atoms with E-state index >= 15 is 0 Å². The molecule has 0 aliphatic carbocycles. The molecule has 0 unspecified atom stereocenters. The van der Waals surface area contributed by atoms with Crippen LogP contribution in [-0.4, -0.2) is 19.1 Å². The van der Waals surface area contributed by atoms with Crippen LogP contribution in [0.25, 0.3) is 0 Å². The molecule has 82 valence electrons. The third-order valence-electron chi connectivity index (χ3n) is 2.20. The van der Waals surface area contributed by atoms with Crippen LogP contribution in [0.2, 0.25) is 0 Å². The first-order valence-corrected chi connectivity index (χ1v) is 6.22. The zero-order chi connectivity index (χ0) is 10.5. The van der Waals surface area contributed by atoms with Gasteiger partial charge in [-0.2, -0.15) is 11.8 Å². The summed E-state index contributed by atoms with van der Waals surface area (Å²) >= 11 is 1.90. The van der Waals surface area contributed by atoms with Crippen LogP contribution in [0.3, 0.4) is 0 Å². The minimum absolute atomic E-state index is 0.346. The molecule has 3 nitrogen and oxygen atoms in total. The lowest BCUT2D eigenvalue weighted by Gasteiger charge is -2.02. The topological polar surface area (TPSA) is 44.5 Å². The Hall–Kier alpha value is -0.870. The van der Waals surface area contributed by atoms with Crippen molar-refractivity contribution >= 4 is 11.8 Å². The van der Waals surface area contributed by atoms with Crippen molar-refractivity contribution in [3.8, 4) is 11.5 Å². The van der Waals surface area contributed by atoms with Gasteiger partial charge in [0.25, 0.3) is 0 Å². The Balaban J connectivity index is 1.87. The second kappa shape index (κ2) is 5.28. The second-order valence-electron chi connectivity index (χ2n) is 3.38. The summed E-state index contributed by atoms with van der Waals surface area (Å²) in [6.07, 6.45) is 1.08. The van der Waals surface area contributed by atoms with Gasteiger partial charge in [-0.3, -0.25) is 0 Å². The van der Waals surface area contributed by atoms with E-state index in [2.05, 4.69) is 12.1 Å². The van der Waals surface area contributed by atoms with E-state index in [1.54, 1.807) is 0 Å². The Morgan fingerprint density at radius 1 is 1.27 bits per heavy atom. The maximum atomic E-state index is 5.43. The van der Waals surface area contributed by atoms with Crippen LogP contribution in [0.4, 0.5) is 0 Å². The highest BCUT2D eigenvalue weighted by atomic mass is 32.2. The standard InChI is InChI=1S/C11H15NO2S/c12-4-1-5-15-7-9-2-3-10-11(6-9)14-8-13-10/h2-3,6H,1,4-5,7-8,12H2. The zero-order valence-electron chi connectivity index (χ0n) is 8.57. The van der Waals surface area contributed by atoms with Gasteiger partial charge in [0, 0.05) is 5.75 Å². The number of hydrogen-bond donors (Lipinski definition) is 1. The molecule has 0 atom stereocenters. The summed E-state index contributed by atoms with van der Waals surface area (Å²) < 4.78 is 10.6. The van der Waals surface area contributed by atoms with Crippen molar-refractivity contribution in [2.24, 2.45) is 5.73 Å². The molecule has 0 aromatic heterocycles. The molecule has 15 heavy (non-hydrogen) atoms. The quantitative estimate of drug-likeness (QED) is 0.778. The SMILES string of the molecule is NCCCSCc1ccc2c(c1)OCO2. The average Bonchev–Trinajstić information content (AvgIpc) is 2.71. The molecule has 1 aliphatic rings. The third-order valence-corrected chi connectivity index (χ3v) is 3.31. The summed E-state index contributed by atoms with van der Waals surface area (Å²) in [7, 11) is 0. The van der Waals surface area contributed by atoms with E-state index in [9.17, 15) is 0 Å². The van der Waals surface area contributed by atoms with Crippen molar-refractivity contribution in [3.05, 3.63) is 23.8 Å². The highest BCUT2D eigenvalue weighted by Gasteiger charge is 2.12. The summed E-state index contributed by atoms with van der Waals surface area (Å²) in [6, 6.07) is 6.11. The normalized spacial score (nSPS) is 13.1. The van der Waals surface area contributed by atoms with Crippen LogP contribution >= 0.6 is 11.8 Å². The number of fused-ring (bicyclic) bond motifs is 1. The number of rotatable bonds is 5. The molecular weight excluding hydrogens is 210 g/mol. The van der Waals surface area contributed by atoms with Crippen molar-refractivity contribution < 1.29 is 9.47 Å². The van der Waals surface area contributed by atoms with Crippen LogP contribution in [0.1, 0.15) is 12.0 Å². The van der Waals surface area contributed by atoms with Crippen molar-refractivity contribution in [2.45, 2.75) is 12.2 Å². The summed E-state index contributed by atoms with van der Waals surface area (Å²) in [5.41, 5.74) is 6.71. The van der Waals surface area contributed by atoms with Crippen LogP contribution in [-0.2, 0) is 5.75 Å². The van der Waals surface area contributed by atoms with Crippen molar-refractivity contribution in [3.63, 3.8) is 0 Å². The molecule has 0 amide bonds. The van der Waals surface area contributed by atoms with Gasteiger partial charge in [0.2, 0.25) is 6.79 Å². The molecule has 0 bridgehead atoms. The van der Waals surface area contributed by atoms with Crippen molar-refractivity contribution in [1.29, 1.82) is 0 Å². The lowest BCUT2D eigenvalue weighted by Crippen LogP contribution is -1.99. The molecule has 2 rings (SSSR count). The lowest BCUT2D eigenvalue weighted by molar-refractivity contribution is 0.174. The van der Waals surface area contributed by atoms with Gasteiger partial charge in [-0.1, -0.05) is 6.07 Å². The van der Waals surface area contributed by atoms with Crippen LogP contribution < -0.4 is 15.2 Å². The van der Waals surface area contributed by atoms with Gasteiger partial charge in [0.15, 0.2) is 11.5 Å². The Morgan fingerprint density at radius 3 is 3.00 bits per heavy atom. The number of nitrogens with two attached hydrogens (primary N) is 1. The molecule has 1 heterocycles. The van der Waals surface area contributed by atoms with Crippen molar-refractivity contribution in [2.75, 3.05) is 19.1 Å². The summed E-state index contributed by atoms with van der Waals surface area (Å²) in [4.78, 5) is 0. The van der Waals surface area contributed by atoms with Gasteiger partial charge < -0.3 is 15.2 Å². The molecule has 0 fully saturated rings. The van der Waals surface area contributed by atoms with Gasteiger partial charge in [0.05, 0.1) is 0 Å². The Kier molecular flexibility index (Phi) is 3.75. The first-order chi connectivity index (χ1) is 7.40. The predicted octanol–water partition coefficient (Wildman–Crippen LogP) is 2.00. The van der Waals surface area contributed by atoms with Crippen LogP contribution in [0, 0.1) is 0 Å². The number of ether oxygens (including phenoxy) is 2. The number of hydrogen-bond acceptors (Lipinski definition) is 4. The van der Waals surface area contributed by atoms with E-state index in [-0.39, 0.29) is 0 Å². The second-order valence-corrected chi connectivity index (χ2v) is 4.49. The highest BCUT2D eigenvalue weighted by Crippen LogP contribution is 2.33. The predicted molar refractivity (Wildman–Crippen MR) is 62.4 cm³/mol. The highest BCUT2D eigenvalue weighted by molar-refractivity contribution is 7.98. The fourth-order valence-electron chi connectivity index (χ4n) is 1.41. The molecular formula is C11H15NO2S. The fraction of sp³-hybridized carbons (Fsp3) is 0.455. The van der Waals surface area contributed by atoms with Crippen LogP contribution in [0.5, 0.6) is 11.5 Å². The van der Waals surface area contributed by atoms with Crippen molar-refractivity contribution in [1.82, 2.24) is 0 Å². The Morgan fingerprint density at radius 2 is 2.13 bits per heavy atom. The number of thioether (sulfide) groups is 1. The molecule has 1 aromatic rings. The molecule has 2 N–H and O–H groups in total. The smallest absolute Gasteiger partial charge is 0.231 e. The molecule has 0 spiro atoms. The molecule has 1 aromatic carbocycles. The van der Waals surface area contributed by atoms with Gasteiger partial charge in [-0.25, -0.2) is 0 Å². The monoisotopic (exact) mass is 225 g/mol. The molecule has 4 heteroatoms. The number of benzene rings is 1. The summed E-state index contributed by atoms with van der Waals surface area (Å²) in [6.45, 7) is 1.12. The van der Waals surface area contributed by atoms with E-state index in [1.807, 2.05) is 17.8 Å². The maximum absolute atomic E-state index is 5.43. The molecule has 0 radical (unpaired) electrons. The first kappa shape index (κ1) is 10.6. The lowest BCUT2D eigenvalue weighted by atomic mass is 10.2. The molecule has 0 saturated carbocycles. The molecule has 1 aliphatic heterocycles. The minimum atomic E-state index is 0.346. The van der Waals surface area contributed by atoms with Crippen LogP contribution in [0.15, 0.2) is 18.2 Å². The zero-order valence-corrected chi connectivity index (χ0v) is 9.39.